The Kier molecular flexibility index (Phi) is 34.0. The lowest BCUT2D eigenvalue weighted by Crippen LogP contribution is -2.61. The average molecular weight is 1140 g/mol. The smallest absolute Gasteiger partial charge is 0.303 e. The number of carboxylic acids is 1. The van der Waals surface area contributed by atoms with Crippen LogP contribution in [0, 0.1) is 5.92 Å². The lowest BCUT2D eigenvalue weighted by molar-refractivity contribution is -0.138. The van der Waals surface area contributed by atoms with Gasteiger partial charge in [-0.1, -0.05) is 13.8 Å². The predicted molar refractivity (Wildman–Crippen MR) is 282 cm³/mol. The fourth-order valence-corrected chi connectivity index (χ4v) is 7.76. The number of hydrogen-bond donors (Lipinski definition) is 18. The summed E-state index contributed by atoms with van der Waals surface area (Å²) < 4.78 is 0. The number of amides is 12. The Balaban J connectivity index is 6.42. The molecule has 432 valence electrons. The Morgan fingerprint density at radius 2 is 0.987 bits per heavy atom. The maximum atomic E-state index is 13.9. The first-order valence-corrected chi connectivity index (χ1v) is 26.7. The number of aliphatic hydroxyl groups is 2. The summed E-state index contributed by atoms with van der Waals surface area (Å²) >= 11 is 9.26. The highest BCUT2D eigenvalue weighted by molar-refractivity contribution is 7.98. The molecule has 32 heteroatoms. The molecular formula is C44H77N13O16S3. The number of rotatable bonds is 38. The van der Waals surface area contributed by atoms with Gasteiger partial charge in [-0.05, 0) is 76.8 Å². The van der Waals surface area contributed by atoms with E-state index >= 15 is 0 Å². The van der Waals surface area contributed by atoms with Gasteiger partial charge in [-0.2, -0.15) is 37.0 Å². The van der Waals surface area contributed by atoms with Crippen LogP contribution in [-0.4, -0.2) is 195 Å². The molecule has 0 unspecified atom stereocenters. The highest BCUT2D eigenvalue weighted by Crippen LogP contribution is 2.11. The van der Waals surface area contributed by atoms with Crippen LogP contribution in [0.4, 0.5) is 0 Å². The van der Waals surface area contributed by atoms with Crippen LogP contribution in [0.25, 0.3) is 0 Å². The highest BCUT2D eigenvalue weighted by Gasteiger charge is 2.36. The maximum Gasteiger partial charge on any atom is 0.303 e. The molecule has 11 atom stereocenters. The van der Waals surface area contributed by atoms with Gasteiger partial charge >= 0.3 is 5.97 Å². The second kappa shape index (κ2) is 36.9. The molecule has 0 aromatic rings. The fourth-order valence-electron chi connectivity index (χ4n) is 6.76. The van der Waals surface area contributed by atoms with E-state index < -0.39 is 169 Å². The number of hydrogen-bond acceptors (Lipinski definition) is 19. The van der Waals surface area contributed by atoms with Gasteiger partial charge in [-0.15, -0.1) is 0 Å². The van der Waals surface area contributed by atoms with E-state index in [1.165, 1.54) is 25.6 Å². The first-order valence-electron chi connectivity index (χ1n) is 24.1. The number of carbonyl (C=O) groups is 13. The molecule has 29 nitrogen and oxygen atoms in total. The van der Waals surface area contributed by atoms with Crippen LogP contribution in [0.2, 0.25) is 0 Å². The fraction of sp³-hybridized carbons (Fsp3) is 0.705. The van der Waals surface area contributed by atoms with Crippen LogP contribution in [0.3, 0.4) is 0 Å². The number of primary amides is 2. The van der Waals surface area contributed by atoms with Gasteiger partial charge in [0.05, 0.1) is 25.2 Å². The van der Waals surface area contributed by atoms with Crippen molar-refractivity contribution in [3.8, 4) is 0 Å². The second-order valence-corrected chi connectivity index (χ2v) is 19.6. The van der Waals surface area contributed by atoms with E-state index in [1.807, 2.05) is 0 Å². The summed E-state index contributed by atoms with van der Waals surface area (Å²) in [6.45, 7) is 6.19. The number of thiol groups is 2. The molecule has 0 aliphatic rings. The summed E-state index contributed by atoms with van der Waals surface area (Å²) in [6.07, 6.45) is -2.98. The SMILES string of the molecule is CSCC[C@H](NC(=O)[C@@H](NC(=O)[C@H](CS)NC(C)=O)[C@@H](C)O)C(=O)N[C@@H](CCC(=O)O)C(=O)NCC(=O)N[C@@H](CC(N)=O)C(=O)N[C@@H](CCCCN)C(=O)N[C@@H](CC(C)C)C(=O)N[C@H](C(=O)N[C@@H](CS)C(N)=O)[C@@H](C)O. The van der Waals surface area contributed by atoms with Gasteiger partial charge in [0.2, 0.25) is 70.9 Å². The number of unbranched alkanes of at least 4 members (excludes halogenated alkanes) is 1. The number of carboxylic acid groups (broad SMARTS) is 1. The first kappa shape index (κ1) is 70.0. The van der Waals surface area contributed by atoms with Gasteiger partial charge in [0.1, 0.15) is 54.4 Å². The second-order valence-electron chi connectivity index (χ2n) is 17.9. The lowest BCUT2D eigenvalue weighted by Gasteiger charge is -2.28. The van der Waals surface area contributed by atoms with Crippen molar-refractivity contribution in [1.82, 2.24) is 53.2 Å². The molecule has 0 rings (SSSR count). The van der Waals surface area contributed by atoms with Gasteiger partial charge in [0.15, 0.2) is 0 Å². The maximum absolute atomic E-state index is 13.9. The summed E-state index contributed by atoms with van der Waals surface area (Å²) in [5.74, 6) is -13.5. The summed E-state index contributed by atoms with van der Waals surface area (Å²) in [5.41, 5.74) is 16.3. The first-order chi connectivity index (χ1) is 35.5. The molecule has 76 heavy (non-hydrogen) atoms. The molecule has 0 fully saturated rings. The van der Waals surface area contributed by atoms with Crippen LogP contribution in [-0.2, 0) is 62.3 Å². The van der Waals surface area contributed by atoms with Crippen molar-refractivity contribution in [2.24, 2.45) is 23.1 Å². The third-order valence-electron chi connectivity index (χ3n) is 10.8. The summed E-state index contributed by atoms with van der Waals surface area (Å²) in [6, 6.07) is -13.4. The monoisotopic (exact) mass is 1140 g/mol. The highest BCUT2D eigenvalue weighted by atomic mass is 32.2. The van der Waals surface area contributed by atoms with Crippen LogP contribution in [0.15, 0.2) is 0 Å². The molecule has 0 aliphatic carbocycles. The molecule has 0 aromatic heterocycles. The third kappa shape index (κ3) is 27.7. The Labute approximate surface area is 455 Å². The number of nitrogens with two attached hydrogens (primary N) is 3. The molecular weight excluding hydrogens is 1060 g/mol. The van der Waals surface area contributed by atoms with E-state index in [-0.39, 0.29) is 55.4 Å². The zero-order chi connectivity index (χ0) is 58.4. The van der Waals surface area contributed by atoms with Crippen molar-refractivity contribution in [3.05, 3.63) is 0 Å². The standard InChI is InChI=1S/C44H77N13O16S3/c1-20(2)15-27(41(70)56-35(22(4)59)44(73)55-29(18-74)36(47)65)54-38(67)24(9-7-8-13-45)51-40(69)28(16-31(46)61)50-32(62)17-48-37(66)25(10-11-33(63)64)52-39(68)26(12-14-76-6)53-43(72)34(21(3)58)57-42(71)30(19-75)49-23(5)60/h20-22,24-30,34-35,58-59,74-75H,7-19,45H2,1-6H3,(H2,46,61)(H2,47,65)(H,48,66)(H,49,60)(H,50,62)(H,51,69)(H,52,68)(H,53,72)(H,54,67)(H,55,73)(H,56,70)(H,57,71)(H,63,64)/t21-,22-,24+,25+,26+,27+,28+,29+,30+,34+,35+/m1/s1. The van der Waals surface area contributed by atoms with Gasteiger partial charge in [0, 0.05) is 24.9 Å². The van der Waals surface area contributed by atoms with Crippen molar-refractivity contribution in [1.29, 1.82) is 0 Å². The van der Waals surface area contributed by atoms with Gasteiger partial charge in [0.25, 0.3) is 0 Å². The molecule has 19 N–H and O–H groups in total. The largest absolute Gasteiger partial charge is 0.481 e. The van der Waals surface area contributed by atoms with Crippen LogP contribution < -0.4 is 70.4 Å². The zero-order valence-electron chi connectivity index (χ0n) is 43.3. The Morgan fingerprint density at radius 1 is 0.539 bits per heavy atom. The minimum absolute atomic E-state index is 0.0241. The molecule has 0 heterocycles. The molecule has 0 bridgehead atoms. The quantitative estimate of drug-likeness (QED) is 0.0202. The van der Waals surface area contributed by atoms with E-state index in [0.29, 0.717) is 6.42 Å². The predicted octanol–water partition coefficient (Wildman–Crippen LogP) is -6.74. The normalized spacial score (nSPS) is 15.4. The van der Waals surface area contributed by atoms with Crippen LogP contribution in [0.1, 0.15) is 86.0 Å². The number of aliphatic hydroxyl groups excluding tert-OH is 2. The molecule has 0 saturated carbocycles. The number of aliphatic carboxylic acids is 1. The van der Waals surface area contributed by atoms with Crippen molar-refractivity contribution < 1.29 is 77.6 Å². The third-order valence-corrected chi connectivity index (χ3v) is 12.1. The number of carbonyl (C=O) groups excluding carboxylic acids is 12. The zero-order valence-corrected chi connectivity index (χ0v) is 45.9. The van der Waals surface area contributed by atoms with E-state index in [0.717, 1.165) is 6.92 Å². The Morgan fingerprint density at radius 3 is 1.42 bits per heavy atom. The minimum atomic E-state index is -1.78. The van der Waals surface area contributed by atoms with E-state index in [2.05, 4.69) is 78.4 Å². The van der Waals surface area contributed by atoms with E-state index in [4.69, 9.17) is 17.2 Å². The van der Waals surface area contributed by atoms with Crippen LogP contribution >= 0.6 is 37.0 Å². The molecule has 12 amide bonds. The van der Waals surface area contributed by atoms with Gasteiger partial charge in [-0.3, -0.25) is 62.3 Å². The molecule has 0 aromatic carbocycles. The van der Waals surface area contributed by atoms with Gasteiger partial charge in [-0.25, -0.2) is 0 Å². The Bertz CT molecular complexity index is 2020. The van der Waals surface area contributed by atoms with E-state index in [9.17, 15) is 77.6 Å². The average Bonchev–Trinajstić information content (AvgIpc) is 3.32. The van der Waals surface area contributed by atoms with Crippen molar-refractivity contribution in [3.63, 3.8) is 0 Å². The summed E-state index contributed by atoms with van der Waals surface area (Å²) in [7, 11) is 0. The van der Waals surface area contributed by atoms with Crippen molar-refractivity contribution in [2.45, 2.75) is 153 Å². The molecule has 0 radical (unpaired) electrons. The number of nitrogens with one attached hydrogen (secondary N) is 10. The summed E-state index contributed by atoms with van der Waals surface area (Å²) in [4.78, 5) is 168. The van der Waals surface area contributed by atoms with Crippen molar-refractivity contribution in [2.75, 3.05) is 36.6 Å². The number of thioether (sulfide) groups is 1. The Hall–Kier alpha value is -5.96. The van der Waals surface area contributed by atoms with Crippen molar-refractivity contribution >= 4 is 114 Å². The van der Waals surface area contributed by atoms with E-state index in [1.54, 1.807) is 20.1 Å². The topological polar surface area (TPSA) is 481 Å². The molecule has 0 saturated heterocycles. The van der Waals surface area contributed by atoms with Crippen LogP contribution in [0.5, 0.6) is 0 Å². The molecule has 0 aliphatic heterocycles. The molecule has 0 spiro atoms. The minimum Gasteiger partial charge on any atom is -0.481 e. The lowest BCUT2D eigenvalue weighted by atomic mass is 10.0. The van der Waals surface area contributed by atoms with Gasteiger partial charge < -0.3 is 85.7 Å². The summed E-state index contributed by atoms with van der Waals surface area (Å²) in [5, 5.41) is 53.6.